The first-order valence-corrected chi connectivity index (χ1v) is 10.1. The van der Waals surface area contributed by atoms with Crippen molar-refractivity contribution in [3.8, 4) is 10.6 Å². The van der Waals surface area contributed by atoms with Crippen LogP contribution in [0.4, 0.5) is 0 Å². The van der Waals surface area contributed by atoms with Crippen LogP contribution in [0.2, 0.25) is 0 Å². The molecule has 1 fully saturated rings. The average molecular weight is 377 g/mol. The fourth-order valence-electron chi connectivity index (χ4n) is 4.31. The van der Waals surface area contributed by atoms with E-state index in [4.69, 9.17) is 0 Å². The van der Waals surface area contributed by atoms with Crippen LogP contribution in [-0.2, 0) is 6.54 Å². The Hall–Kier alpha value is -2.73. The van der Waals surface area contributed by atoms with Gasteiger partial charge in [0.15, 0.2) is 0 Å². The molecule has 6 heteroatoms. The highest BCUT2D eigenvalue weighted by Gasteiger charge is 2.36. The number of aromatic nitrogens is 2. The summed E-state index contributed by atoms with van der Waals surface area (Å²) in [5, 5.41) is 2.72. The number of fused-ring (bicyclic) bond motifs is 4. The second kappa shape index (κ2) is 6.46. The molecule has 1 saturated heterocycles. The molecule has 2 aliphatic rings. The van der Waals surface area contributed by atoms with Gasteiger partial charge in [0, 0.05) is 48.3 Å². The van der Waals surface area contributed by atoms with E-state index in [2.05, 4.69) is 4.98 Å². The molecule has 1 aromatic carbocycles. The van der Waals surface area contributed by atoms with Gasteiger partial charge in [-0.25, -0.2) is 4.98 Å². The number of piperidine rings is 1. The van der Waals surface area contributed by atoms with Crippen molar-refractivity contribution in [3.05, 3.63) is 75.7 Å². The third kappa shape index (κ3) is 2.90. The minimum Gasteiger partial charge on any atom is -0.336 e. The third-order valence-electron chi connectivity index (χ3n) is 5.51. The Kier molecular flexibility index (Phi) is 3.93. The highest BCUT2D eigenvalue weighted by molar-refractivity contribution is 7.13. The van der Waals surface area contributed by atoms with E-state index >= 15 is 0 Å². The summed E-state index contributed by atoms with van der Waals surface area (Å²) in [4.78, 5) is 31.7. The molecule has 2 bridgehead atoms. The number of rotatable bonds is 2. The Morgan fingerprint density at radius 2 is 1.89 bits per heavy atom. The molecule has 4 heterocycles. The first kappa shape index (κ1) is 16.4. The SMILES string of the molecule is O=C(c1csc(-c2ccccc2)n1)N1C[C@@H]2C[C@@H](C1)c1cccc(=O)n1C2. The molecule has 5 rings (SSSR count). The van der Waals surface area contributed by atoms with Crippen LogP contribution in [0.3, 0.4) is 0 Å². The lowest BCUT2D eigenvalue weighted by molar-refractivity contribution is 0.0589. The van der Waals surface area contributed by atoms with Crippen LogP contribution in [-0.4, -0.2) is 33.4 Å². The average Bonchev–Trinajstić information content (AvgIpc) is 3.19. The van der Waals surface area contributed by atoms with Crippen LogP contribution < -0.4 is 5.56 Å². The van der Waals surface area contributed by atoms with Crippen LogP contribution in [0, 0.1) is 5.92 Å². The zero-order valence-electron chi connectivity index (χ0n) is 14.7. The zero-order valence-corrected chi connectivity index (χ0v) is 15.6. The molecule has 2 atom stereocenters. The van der Waals surface area contributed by atoms with Crippen molar-refractivity contribution < 1.29 is 4.79 Å². The normalized spacial score (nSPS) is 21.0. The van der Waals surface area contributed by atoms with Crippen molar-refractivity contribution in [2.45, 2.75) is 18.9 Å². The smallest absolute Gasteiger partial charge is 0.273 e. The standard InChI is InChI=1S/C21H19N3O2S/c25-19-8-4-7-18-16-9-14(11-24(18)19)10-23(12-16)21(26)17-13-27-20(22-17)15-5-2-1-3-6-15/h1-8,13-14,16H,9-12H2/t14-,16-/m0/s1. The second-order valence-electron chi connectivity index (χ2n) is 7.31. The van der Waals surface area contributed by atoms with Gasteiger partial charge in [-0.1, -0.05) is 36.4 Å². The van der Waals surface area contributed by atoms with Crippen LogP contribution in [0.1, 0.15) is 28.5 Å². The number of carbonyl (C=O) groups excluding carboxylic acids is 1. The third-order valence-corrected chi connectivity index (χ3v) is 6.40. The van der Waals surface area contributed by atoms with E-state index in [-0.39, 0.29) is 17.4 Å². The van der Waals surface area contributed by atoms with Crippen molar-refractivity contribution >= 4 is 17.2 Å². The number of amides is 1. The van der Waals surface area contributed by atoms with Crippen molar-refractivity contribution in [2.24, 2.45) is 5.92 Å². The van der Waals surface area contributed by atoms with Crippen LogP contribution in [0.5, 0.6) is 0 Å². The quantitative estimate of drug-likeness (QED) is 0.689. The summed E-state index contributed by atoms with van der Waals surface area (Å²) in [6.45, 7) is 2.03. The van der Waals surface area contributed by atoms with E-state index in [1.165, 1.54) is 11.3 Å². The monoisotopic (exact) mass is 377 g/mol. The lowest BCUT2D eigenvalue weighted by atomic mass is 9.83. The number of benzene rings is 1. The molecule has 136 valence electrons. The predicted octanol–water partition coefficient (Wildman–Crippen LogP) is 3.23. The van der Waals surface area contributed by atoms with E-state index in [1.807, 2.05) is 57.3 Å². The summed E-state index contributed by atoms with van der Waals surface area (Å²) in [7, 11) is 0. The number of carbonyl (C=O) groups is 1. The molecule has 2 aliphatic heterocycles. The molecule has 5 nitrogen and oxygen atoms in total. The number of nitrogens with zero attached hydrogens (tertiary/aromatic N) is 3. The van der Waals surface area contributed by atoms with Crippen molar-refractivity contribution in [1.82, 2.24) is 14.5 Å². The summed E-state index contributed by atoms with van der Waals surface area (Å²) in [6.07, 6.45) is 1.04. The van der Waals surface area contributed by atoms with Crippen LogP contribution in [0.25, 0.3) is 10.6 Å². The van der Waals surface area contributed by atoms with E-state index in [9.17, 15) is 9.59 Å². The highest BCUT2D eigenvalue weighted by Crippen LogP contribution is 2.35. The fourth-order valence-corrected chi connectivity index (χ4v) is 5.11. The van der Waals surface area contributed by atoms with Gasteiger partial charge in [0.2, 0.25) is 0 Å². The molecule has 0 N–H and O–H groups in total. The number of likely N-dealkylation sites (tertiary alicyclic amines) is 1. The van der Waals surface area contributed by atoms with Crippen molar-refractivity contribution in [2.75, 3.05) is 13.1 Å². The van der Waals surface area contributed by atoms with E-state index in [0.717, 1.165) is 22.7 Å². The Bertz CT molecular complexity index is 1060. The summed E-state index contributed by atoms with van der Waals surface area (Å²) in [5.41, 5.74) is 2.67. The zero-order chi connectivity index (χ0) is 18.4. The minimum absolute atomic E-state index is 0.00476. The van der Waals surface area contributed by atoms with Gasteiger partial charge in [-0.2, -0.15) is 0 Å². The maximum absolute atomic E-state index is 13.1. The molecule has 27 heavy (non-hydrogen) atoms. The summed E-state index contributed by atoms with van der Waals surface area (Å²) in [6, 6.07) is 15.4. The molecular formula is C21H19N3O2S. The van der Waals surface area contributed by atoms with Gasteiger partial charge in [0.25, 0.3) is 11.5 Å². The first-order valence-electron chi connectivity index (χ1n) is 9.19. The molecule has 0 radical (unpaired) electrons. The fraction of sp³-hybridized carbons (Fsp3) is 0.286. The molecule has 0 aliphatic carbocycles. The predicted molar refractivity (Wildman–Crippen MR) is 105 cm³/mol. The highest BCUT2D eigenvalue weighted by atomic mass is 32.1. The largest absolute Gasteiger partial charge is 0.336 e. The molecular weight excluding hydrogens is 358 g/mol. The lowest BCUT2D eigenvalue weighted by Crippen LogP contribution is -2.49. The van der Waals surface area contributed by atoms with E-state index in [0.29, 0.717) is 31.2 Å². The van der Waals surface area contributed by atoms with Crippen molar-refractivity contribution in [3.63, 3.8) is 0 Å². The van der Waals surface area contributed by atoms with Gasteiger partial charge in [0.1, 0.15) is 10.7 Å². The van der Waals surface area contributed by atoms with Crippen LogP contribution in [0.15, 0.2) is 58.7 Å². The van der Waals surface area contributed by atoms with Gasteiger partial charge in [-0.3, -0.25) is 9.59 Å². The molecule has 1 amide bonds. The number of hydrogen-bond donors (Lipinski definition) is 0. The van der Waals surface area contributed by atoms with E-state index < -0.39 is 0 Å². The van der Waals surface area contributed by atoms with Crippen molar-refractivity contribution in [1.29, 1.82) is 0 Å². The van der Waals surface area contributed by atoms with Gasteiger partial charge >= 0.3 is 0 Å². The molecule has 3 aromatic rings. The number of hydrogen-bond acceptors (Lipinski definition) is 4. The maximum atomic E-state index is 13.1. The first-order chi connectivity index (χ1) is 13.2. The summed E-state index contributed by atoms with van der Waals surface area (Å²) >= 11 is 1.50. The van der Waals surface area contributed by atoms with E-state index in [1.54, 1.807) is 6.07 Å². The van der Waals surface area contributed by atoms with Gasteiger partial charge in [0.05, 0.1) is 0 Å². The number of thiazole rings is 1. The Balaban J connectivity index is 1.40. The molecule has 0 spiro atoms. The van der Waals surface area contributed by atoms with Gasteiger partial charge in [-0.05, 0) is 18.4 Å². The second-order valence-corrected chi connectivity index (χ2v) is 8.17. The van der Waals surface area contributed by atoms with Gasteiger partial charge in [-0.15, -0.1) is 11.3 Å². The topological polar surface area (TPSA) is 55.2 Å². The molecule has 0 saturated carbocycles. The molecule has 2 aromatic heterocycles. The lowest BCUT2D eigenvalue weighted by Gasteiger charge is -2.42. The summed E-state index contributed by atoms with van der Waals surface area (Å²) < 4.78 is 1.89. The Morgan fingerprint density at radius 3 is 2.74 bits per heavy atom. The van der Waals surface area contributed by atoms with Gasteiger partial charge < -0.3 is 9.47 Å². The maximum Gasteiger partial charge on any atom is 0.273 e. The Morgan fingerprint density at radius 1 is 1.04 bits per heavy atom. The molecule has 0 unspecified atom stereocenters. The Labute approximate surface area is 160 Å². The summed E-state index contributed by atoms with van der Waals surface area (Å²) in [5.74, 6) is 0.546. The van der Waals surface area contributed by atoms with Crippen LogP contribution >= 0.6 is 11.3 Å². The minimum atomic E-state index is -0.00476. The number of pyridine rings is 1.